The molecule has 8 heterocycles. The summed E-state index contributed by atoms with van der Waals surface area (Å²) in [6, 6.07) is 11.2. The van der Waals surface area contributed by atoms with Gasteiger partial charge in [-0.3, -0.25) is 48.1 Å². The molecule has 6 N–H and O–H groups in total. The number of hydrogen-bond acceptors (Lipinski definition) is 16. The highest BCUT2D eigenvalue weighted by molar-refractivity contribution is 9.10. The molecular weight excluding hydrogens is 1210 g/mol. The zero-order valence-electron chi connectivity index (χ0n) is 43.9. The van der Waals surface area contributed by atoms with Crippen molar-refractivity contribution in [2.45, 2.75) is 50.4 Å². The Bertz CT molecular complexity index is 4440. The van der Waals surface area contributed by atoms with E-state index >= 15 is 8.78 Å². The van der Waals surface area contributed by atoms with E-state index in [-0.39, 0.29) is 86.8 Å². The number of fused-ring (bicyclic) bond motifs is 2. The largest absolute Gasteiger partial charge is 0.364 e. The molecule has 86 heavy (non-hydrogen) atoms. The highest BCUT2D eigenvalue weighted by atomic mass is 79.9. The second-order valence-electron chi connectivity index (χ2n) is 19.3. The number of rotatable bonds is 12. The topological polar surface area (TPSA) is 324 Å². The van der Waals surface area contributed by atoms with Crippen LogP contribution in [0.5, 0.6) is 0 Å². The van der Waals surface area contributed by atoms with Gasteiger partial charge in [0.05, 0.1) is 78.2 Å². The molecule has 2 saturated heterocycles. The van der Waals surface area contributed by atoms with E-state index in [9.17, 15) is 37.5 Å². The number of halogens is 6. The third-order valence-electron chi connectivity index (χ3n) is 13.5. The molecule has 11 rings (SSSR count). The van der Waals surface area contributed by atoms with Crippen LogP contribution >= 0.6 is 27.5 Å². The number of nitrogens with two attached hydrogens (primary N) is 2. The van der Waals surface area contributed by atoms with Crippen molar-refractivity contribution in [1.29, 1.82) is 0 Å². The monoisotopic (exact) mass is 1250 g/mol. The van der Waals surface area contributed by atoms with Gasteiger partial charge >= 0.3 is 0 Å². The molecule has 0 radical (unpaired) electrons. The summed E-state index contributed by atoms with van der Waals surface area (Å²) in [7, 11) is 0. The van der Waals surface area contributed by atoms with E-state index in [1.54, 1.807) is 18.2 Å². The lowest BCUT2D eigenvalue weighted by Crippen LogP contribution is -2.44. The van der Waals surface area contributed by atoms with Crippen LogP contribution in [0.25, 0.3) is 44.3 Å². The van der Waals surface area contributed by atoms with E-state index in [0.29, 0.717) is 32.3 Å². The Kier molecular flexibility index (Phi) is 15.9. The number of carbonyl (C=O) groups is 6. The second-order valence-corrected chi connectivity index (χ2v) is 20.5. The van der Waals surface area contributed by atoms with E-state index in [4.69, 9.17) is 23.1 Å². The van der Waals surface area contributed by atoms with Crippen LogP contribution in [0.15, 0.2) is 103 Å². The van der Waals surface area contributed by atoms with Crippen molar-refractivity contribution < 1.29 is 46.3 Å². The number of alkyl halides is 2. The molecule has 24 nitrogen and oxygen atoms in total. The summed E-state index contributed by atoms with van der Waals surface area (Å²) in [6.07, 6.45) is 4.47. The normalized spacial score (nSPS) is 16.3. The smallest absolute Gasteiger partial charge is 0.269 e. The Labute approximate surface area is 494 Å². The Hall–Kier alpha value is -10.7. The zero-order valence-corrected chi connectivity index (χ0v) is 46.3. The van der Waals surface area contributed by atoms with Crippen LogP contribution in [-0.4, -0.2) is 142 Å². The summed E-state index contributed by atoms with van der Waals surface area (Å²) in [5.74, 6) is 5.04. The maximum atomic E-state index is 15.5. The molecule has 0 spiro atoms. The summed E-state index contributed by atoms with van der Waals surface area (Å²) in [5.41, 5.74) is 12.8. The quantitative estimate of drug-likeness (QED) is 0.0949. The average Bonchev–Trinajstić information content (AvgIpc) is 3.38. The van der Waals surface area contributed by atoms with Gasteiger partial charge in [-0.25, -0.2) is 47.5 Å². The van der Waals surface area contributed by atoms with Crippen LogP contribution in [0.1, 0.15) is 56.6 Å². The van der Waals surface area contributed by atoms with Gasteiger partial charge in [0.1, 0.15) is 47.8 Å². The molecule has 4 atom stereocenters. The number of anilines is 2. The van der Waals surface area contributed by atoms with Gasteiger partial charge in [-0.15, -0.1) is 0 Å². The first kappa shape index (κ1) is 57.2. The summed E-state index contributed by atoms with van der Waals surface area (Å²) in [5, 5.41) is 14.2. The second kappa shape index (κ2) is 23.9. The van der Waals surface area contributed by atoms with Gasteiger partial charge in [-0.2, -0.15) is 10.2 Å². The van der Waals surface area contributed by atoms with Crippen molar-refractivity contribution in [3.8, 4) is 46.2 Å². The molecule has 0 saturated carbocycles. The number of benzene rings is 3. The number of amides is 6. The summed E-state index contributed by atoms with van der Waals surface area (Å²) < 4.78 is 61.3. The number of nitrogens with one attached hydrogen (secondary N) is 2. The fraction of sp³-hybridized carbons (Fsp3) is 0.179. The van der Waals surface area contributed by atoms with Crippen molar-refractivity contribution in [2.75, 3.05) is 23.7 Å². The van der Waals surface area contributed by atoms with Crippen LogP contribution in [-0.2, 0) is 32.3 Å². The molecular formula is C56H38BrClF4N18O6. The predicted octanol–water partition coefficient (Wildman–Crippen LogP) is 4.73. The van der Waals surface area contributed by atoms with Crippen molar-refractivity contribution in [1.82, 2.24) is 69.2 Å². The number of primary amides is 2. The summed E-state index contributed by atoms with van der Waals surface area (Å²) in [4.78, 5) is 114. The molecule has 30 heteroatoms. The van der Waals surface area contributed by atoms with Gasteiger partial charge < -0.3 is 31.9 Å². The maximum Gasteiger partial charge on any atom is 0.269 e. The number of aromatic nitrogens is 12. The van der Waals surface area contributed by atoms with Gasteiger partial charge in [0.15, 0.2) is 34.7 Å². The number of likely N-dealkylation sites (tertiary alicyclic amines) is 2. The van der Waals surface area contributed by atoms with Crippen LogP contribution in [0.3, 0.4) is 0 Å². The zero-order chi connectivity index (χ0) is 60.5. The Morgan fingerprint density at radius 3 is 1.69 bits per heavy atom. The maximum absolute atomic E-state index is 15.5. The third kappa shape index (κ3) is 12.2. The minimum absolute atomic E-state index is 0.0470. The molecule has 6 aromatic heterocycles. The molecule has 6 amide bonds. The SMILES string of the molecule is NC(=O)c1nn(CC(=O)N2CC(F)CC2C(=O)Nc2cncc(Br)n2)c2ccc(C#Cc3ncc(F)c(-c4ccc(-c5cncc(NC(=O)C6CC(F)CN6C(=O)Cn6nc(C(N)=O)c7cc(C#Cc8ncc(F)cn8)ccc76)n5)c(Cl)c4)n3)cc12. The summed E-state index contributed by atoms with van der Waals surface area (Å²) in [6.45, 7) is -1.77. The van der Waals surface area contributed by atoms with Gasteiger partial charge in [-0.05, 0) is 70.2 Å². The van der Waals surface area contributed by atoms with Crippen molar-refractivity contribution >= 4 is 96.4 Å². The minimum atomic E-state index is -1.57. The first-order chi connectivity index (χ1) is 41.3. The van der Waals surface area contributed by atoms with Crippen molar-refractivity contribution in [3.63, 3.8) is 0 Å². The fourth-order valence-electron chi connectivity index (χ4n) is 9.69. The number of carbonyl (C=O) groups excluding carboxylic acids is 6. The van der Waals surface area contributed by atoms with E-state index in [1.807, 2.05) is 0 Å². The van der Waals surface area contributed by atoms with Gasteiger partial charge in [0.25, 0.3) is 11.8 Å². The molecule has 2 fully saturated rings. The molecule has 2 aliphatic heterocycles. The van der Waals surface area contributed by atoms with Crippen LogP contribution < -0.4 is 22.1 Å². The van der Waals surface area contributed by atoms with Crippen molar-refractivity contribution in [2.24, 2.45) is 11.5 Å². The molecule has 0 bridgehead atoms. The van der Waals surface area contributed by atoms with Crippen LogP contribution in [0, 0.1) is 35.3 Å². The molecule has 430 valence electrons. The lowest BCUT2D eigenvalue weighted by molar-refractivity contribution is -0.137. The molecule has 9 aromatic rings. The average molecular weight is 1250 g/mol. The first-order valence-corrected chi connectivity index (χ1v) is 26.7. The molecule has 0 aliphatic carbocycles. The van der Waals surface area contributed by atoms with Gasteiger partial charge in [-0.1, -0.05) is 35.6 Å². The van der Waals surface area contributed by atoms with Gasteiger partial charge in [0, 0.05) is 45.9 Å². The van der Waals surface area contributed by atoms with Crippen LogP contribution in [0.2, 0.25) is 5.02 Å². The minimum Gasteiger partial charge on any atom is -0.364 e. The van der Waals surface area contributed by atoms with E-state index in [0.717, 1.165) is 28.4 Å². The lowest BCUT2D eigenvalue weighted by atomic mass is 10.1. The highest BCUT2D eigenvalue weighted by Gasteiger charge is 2.42. The fourth-order valence-corrected chi connectivity index (χ4v) is 10.3. The van der Waals surface area contributed by atoms with Crippen LogP contribution in [0.4, 0.5) is 29.2 Å². The first-order valence-electron chi connectivity index (χ1n) is 25.6. The van der Waals surface area contributed by atoms with Crippen molar-refractivity contribution in [3.05, 3.63) is 153 Å². The Morgan fingerprint density at radius 2 is 1.15 bits per heavy atom. The molecule has 3 aromatic carbocycles. The Balaban J connectivity index is 0.756. The molecule has 2 aliphatic rings. The molecule has 4 unspecified atom stereocenters. The number of hydrogen-bond donors (Lipinski definition) is 4. The van der Waals surface area contributed by atoms with E-state index in [1.165, 1.54) is 70.5 Å². The Morgan fingerprint density at radius 1 is 0.628 bits per heavy atom. The van der Waals surface area contributed by atoms with E-state index < -0.39 is 91.1 Å². The van der Waals surface area contributed by atoms with Gasteiger partial charge in [0.2, 0.25) is 35.3 Å². The highest BCUT2D eigenvalue weighted by Crippen LogP contribution is 2.33. The standard InChI is InChI=1S/C56H38BrClF4N18O6/c57-43-20-66-22-47(71-43)74-56(86)42-15-31(60)24-78(42)49(82)26-80-40-8-2-28(12-35(40)52(76-80)54(64)84)4-10-45-69-18-37(62)50(72-45)29-5-6-33(36(58)13-29)38-19-65-21-46(70-38)73-55(85)41-14-30(59)23-77(41)48(81)25-79-39-7-1-27(11-34(39)51(75-79)53(63)83)3-9-44-67-16-32(61)17-68-44/h1-2,5-8,11-13,16-22,30-31,41-42H,14-15,23-26H2,(H2,63,83)(H2,64,84)(H,70,73,85)(H,71,74,86). The number of nitrogens with zero attached hydrogens (tertiary/aromatic N) is 14. The van der Waals surface area contributed by atoms with E-state index in [2.05, 4.69) is 100 Å². The third-order valence-corrected chi connectivity index (χ3v) is 14.2. The summed E-state index contributed by atoms with van der Waals surface area (Å²) >= 11 is 9.94. The predicted molar refractivity (Wildman–Crippen MR) is 301 cm³/mol. The lowest BCUT2D eigenvalue weighted by Gasteiger charge is -2.23.